The first kappa shape index (κ1) is 23.4. The van der Waals surface area contributed by atoms with Gasteiger partial charge in [-0.3, -0.25) is 9.98 Å². The normalized spacial score (nSPS) is 15.2. The first-order chi connectivity index (χ1) is 15.0. The maximum atomic E-state index is 5.11. The number of nitrogens with zero attached hydrogens (tertiary/aromatic N) is 2. The Morgan fingerprint density at radius 2 is 1.13 bits per heavy atom. The van der Waals surface area contributed by atoms with E-state index in [1.807, 2.05) is 0 Å². The van der Waals surface area contributed by atoms with Gasteiger partial charge in [-0.15, -0.1) is 0 Å². The lowest BCUT2D eigenvalue weighted by atomic mass is 10.0. The Hall–Kier alpha value is -2.31. The minimum atomic E-state index is 0.963. The van der Waals surface area contributed by atoms with Crippen molar-refractivity contribution in [3.8, 4) is 0 Å². The molecule has 2 aromatic rings. The van der Waals surface area contributed by atoms with E-state index in [2.05, 4.69) is 84.0 Å². The van der Waals surface area contributed by atoms with E-state index in [4.69, 9.17) is 9.98 Å². The second-order valence-corrected chi connectivity index (χ2v) is 9.26. The average molecular weight is 431 g/mol. The Balaban J connectivity index is 1.91. The van der Waals surface area contributed by atoms with Gasteiger partial charge in [0, 0.05) is 22.0 Å². The summed E-state index contributed by atoms with van der Waals surface area (Å²) < 4.78 is 0. The summed E-state index contributed by atoms with van der Waals surface area (Å²) in [6, 6.07) is 13.1. The highest BCUT2D eigenvalue weighted by Crippen LogP contribution is 2.33. The first-order valence-electron chi connectivity index (χ1n) is 11.6. The van der Waals surface area contributed by atoms with Gasteiger partial charge in [0.05, 0.1) is 11.4 Å². The van der Waals surface area contributed by atoms with Crippen LogP contribution in [0.15, 0.2) is 57.8 Å². The fourth-order valence-electron chi connectivity index (χ4n) is 4.06. The van der Waals surface area contributed by atoms with Crippen molar-refractivity contribution in [3.63, 3.8) is 0 Å². The molecule has 2 aromatic carbocycles. The van der Waals surface area contributed by atoms with Crippen molar-refractivity contribution in [2.45, 2.75) is 73.6 Å². The molecule has 2 nitrogen and oxygen atoms in total. The number of aliphatic imine (C=N–C) groups is 2. The maximum Gasteiger partial charge on any atom is 0.0696 e. The Morgan fingerprint density at radius 3 is 1.55 bits per heavy atom. The number of aryl methyl sites for hydroxylation is 4. The lowest BCUT2D eigenvalue weighted by Gasteiger charge is -2.11. The van der Waals surface area contributed by atoms with Crippen LogP contribution < -0.4 is 0 Å². The van der Waals surface area contributed by atoms with Crippen molar-refractivity contribution in [1.29, 1.82) is 0 Å². The molecule has 1 aliphatic heterocycles. The van der Waals surface area contributed by atoms with E-state index in [1.54, 1.807) is 0 Å². The Bertz CT molecular complexity index is 1030. The number of allylic oxidation sites excluding steroid dienone is 2. The zero-order chi connectivity index (χ0) is 22.4. The van der Waals surface area contributed by atoms with Crippen LogP contribution in [-0.2, 0) is 25.7 Å². The molecule has 0 N–H and O–H groups in total. The van der Waals surface area contributed by atoms with Crippen LogP contribution in [0.3, 0.4) is 0 Å². The molecule has 0 spiro atoms. The van der Waals surface area contributed by atoms with Crippen LogP contribution >= 0.6 is 8.20 Å². The van der Waals surface area contributed by atoms with Crippen LogP contribution in [0.4, 0.5) is 11.4 Å². The van der Waals surface area contributed by atoms with Crippen LogP contribution in [0.1, 0.15) is 70.2 Å². The monoisotopic (exact) mass is 430 g/mol. The molecule has 0 radical (unpaired) electrons. The number of hydrogen-bond donors (Lipinski definition) is 0. The van der Waals surface area contributed by atoms with Crippen LogP contribution in [-0.4, -0.2) is 16.7 Å². The molecule has 31 heavy (non-hydrogen) atoms. The Kier molecular flexibility index (Phi) is 8.15. The SMILES string of the molecule is CCc1cccc(CC)c1/N=C(\C)C1=CCC(/C(C)=N/c2c(CC)cccc2CC)=P1. The van der Waals surface area contributed by atoms with Crippen molar-refractivity contribution >= 4 is 36.3 Å². The van der Waals surface area contributed by atoms with E-state index in [0.717, 1.165) is 43.5 Å². The van der Waals surface area contributed by atoms with Gasteiger partial charge in [0.25, 0.3) is 0 Å². The topological polar surface area (TPSA) is 24.7 Å². The van der Waals surface area contributed by atoms with E-state index in [9.17, 15) is 0 Å². The quantitative estimate of drug-likeness (QED) is 0.298. The molecule has 3 rings (SSSR count). The van der Waals surface area contributed by atoms with Crippen LogP contribution in [0.2, 0.25) is 0 Å². The van der Waals surface area contributed by atoms with Gasteiger partial charge in [0.1, 0.15) is 0 Å². The van der Waals surface area contributed by atoms with Crippen LogP contribution in [0.25, 0.3) is 0 Å². The lowest BCUT2D eigenvalue weighted by Crippen LogP contribution is -2.05. The average Bonchev–Trinajstić information content (AvgIpc) is 3.30. The van der Waals surface area contributed by atoms with Crippen molar-refractivity contribution < 1.29 is 0 Å². The number of para-hydroxylation sites is 2. The summed E-state index contributed by atoms with van der Waals surface area (Å²) in [5.41, 5.74) is 9.97. The zero-order valence-corrected chi connectivity index (χ0v) is 20.8. The molecule has 0 unspecified atom stereocenters. The van der Waals surface area contributed by atoms with Crippen molar-refractivity contribution in [2.24, 2.45) is 9.98 Å². The molecule has 0 aliphatic carbocycles. The summed E-state index contributed by atoms with van der Waals surface area (Å²) in [7, 11) is 1.25. The summed E-state index contributed by atoms with van der Waals surface area (Å²) in [6.07, 6.45) is 7.34. The highest BCUT2D eigenvalue weighted by Gasteiger charge is 2.15. The van der Waals surface area contributed by atoms with Crippen LogP contribution in [0.5, 0.6) is 0 Å². The van der Waals surface area contributed by atoms with E-state index in [1.165, 1.54) is 52.4 Å². The molecule has 0 aromatic heterocycles. The molecule has 162 valence electrons. The van der Waals surface area contributed by atoms with E-state index >= 15 is 0 Å². The maximum absolute atomic E-state index is 5.11. The molecule has 1 aliphatic rings. The molecule has 0 amide bonds. The Labute approximate surface area is 190 Å². The van der Waals surface area contributed by atoms with E-state index < -0.39 is 0 Å². The summed E-state index contributed by atoms with van der Waals surface area (Å²) in [5, 5.41) is 2.70. The largest absolute Gasteiger partial charge is 0.253 e. The summed E-state index contributed by atoms with van der Waals surface area (Å²) in [4.78, 5) is 10.2. The van der Waals surface area contributed by atoms with Crippen molar-refractivity contribution in [3.05, 3.63) is 70.0 Å². The molecule has 0 bridgehead atoms. The molecule has 0 fully saturated rings. The second-order valence-electron chi connectivity index (χ2n) is 8.01. The third-order valence-corrected chi connectivity index (χ3v) is 7.54. The van der Waals surface area contributed by atoms with Gasteiger partial charge in [0.15, 0.2) is 0 Å². The summed E-state index contributed by atoms with van der Waals surface area (Å²) in [5.74, 6) is 0. The fraction of sp³-hybridized carbons (Fsp3) is 0.393. The van der Waals surface area contributed by atoms with E-state index in [-0.39, 0.29) is 0 Å². The fourth-order valence-corrected chi connectivity index (χ4v) is 5.14. The minimum Gasteiger partial charge on any atom is -0.253 e. The van der Waals surface area contributed by atoms with Crippen LogP contribution in [0, 0.1) is 0 Å². The minimum absolute atomic E-state index is 0.963. The molecular formula is C28H35N2P. The number of rotatable bonds is 8. The van der Waals surface area contributed by atoms with Gasteiger partial charge in [-0.1, -0.05) is 78.4 Å². The number of benzene rings is 2. The van der Waals surface area contributed by atoms with Gasteiger partial charge in [-0.05, 0) is 68.2 Å². The summed E-state index contributed by atoms with van der Waals surface area (Å²) >= 11 is 0. The van der Waals surface area contributed by atoms with E-state index in [0.29, 0.717) is 0 Å². The summed E-state index contributed by atoms with van der Waals surface area (Å²) in [6.45, 7) is 13.2. The molecule has 1 heterocycles. The van der Waals surface area contributed by atoms with Gasteiger partial charge in [-0.2, -0.15) is 0 Å². The zero-order valence-electron chi connectivity index (χ0n) is 19.9. The molecular weight excluding hydrogens is 395 g/mol. The van der Waals surface area contributed by atoms with Gasteiger partial charge in [-0.25, -0.2) is 0 Å². The molecule has 3 heteroatoms. The second kappa shape index (κ2) is 10.8. The predicted octanol–water partition coefficient (Wildman–Crippen LogP) is 8.23. The first-order valence-corrected chi connectivity index (χ1v) is 12.5. The molecule has 0 saturated carbocycles. The lowest BCUT2D eigenvalue weighted by molar-refractivity contribution is 1.08. The highest BCUT2D eigenvalue weighted by atomic mass is 31.1. The standard InChI is InChI=1S/C28H35N2P/c1-7-21-13-11-14-22(8-2)27(21)29-19(5)25-17-18-26(31-25)20(6)30-28-23(9-3)15-12-16-24(28)10-4/h11-17H,7-10,18H2,1-6H3/b29-19+,30-20+. The smallest absolute Gasteiger partial charge is 0.0696 e. The Morgan fingerprint density at radius 1 is 0.710 bits per heavy atom. The van der Waals surface area contributed by atoms with Gasteiger partial charge < -0.3 is 0 Å². The third kappa shape index (κ3) is 5.31. The third-order valence-electron chi connectivity index (χ3n) is 6.02. The van der Waals surface area contributed by atoms with Gasteiger partial charge >= 0.3 is 0 Å². The van der Waals surface area contributed by atoms with Crippen molar-refractivity contribution in [2.75, 3.05) is 0 Å². The van der Waals surface area contributed by atoms with Gasteiger partial charge in [0.2, 0.25) is 0 Å². The molecule has 0 saturated heterocycles. The predicted molar refractivity (Wildman–Crippen MR) is 141 cm³/mol. The van der Waals surface area contributed by atoms with Crippen molar-refractivity contribution in [1.82, 2.24) is 0 Å². The highest BCUT2D eigenvalue weighted by molar-refractivity contribution is 7.50. The molecule has 0 atom stereocenters. The number of hydrogen-bond acceptors (Lipinski definition) is 2.